The quantitative estimate of drug-likeness (QED) is 0.195. The summed E-state index contributed by atoms with van der Waals surface area (Å²) in [5.74, 6) is 0.559. The minimum absolute atomic E-state index is 0.0644. The van der Waals surface area contributed by atoms with Crippen molar-refractivity contribution in [3.05, 3.63) is 150 Å². The predicted octanol–water partition coefficient (Wildman–Crippen LogP) is 12.6. The molecule has 6 aromatic carbocycles. The third-order valence-corrected chi connectivity index (χ3v) is 10.6. The van der Waals surface area contributed by atoms with Crippen LogP contribution in [0, 0.1) is 6.92 Å². The maximum Gasteiger partial charge on any atom is 0.0502 e. The van der Waals surface area contributed by atoms with Crippen LogP contribution in [0.15, 0.2) is 127 Å². The summed E-state index contributed by atoms with van der Waals surface area (Å²) in [5, 5.41) is 2.74. The fourth-order valence-electron chi connectivity index (χ4n) is 8.26. The second-order valence-corrected chi connectivity index (χ2v) is 13.7. The zero-order valence-corrected chi connectivity index (χ0v) is 26.7. The molecule has 8 rings (SSSR count). The topological polar surface area (TPSA) is 3.24 Å². The number of hydrogen-bond acceptors (Lipinski definition) is 1. The van der Waals surface area contributed by atoms with E-state index in [1.54, 1.807) is 0 Å². The van der Waals surface area contributed by atoms with E-state index in [-0.39, 0.29) is 5.41 Å². The highest BCUT2D eigenvalue weighted by Gasteiger charge is 2.37. The number of anilines is 3. The van der Waals surface area contributed by atoms with Crippen LogP contribution in [0.1, 0.15) is 74.1 Å². The Bertz CT molecular complexity index is 2010. The van der Waals surface area contributed by atoms with Gasteiger partial charge in [-0.2, -0.15) is 0 Å². The van der Waals surface area contributed by atoms with Gasteiger partial charge in [-0.15, -0.1) is 0 Å². The first kappa shape index (κ1) is 27.9. The highest BCUT2D eigenvalue weighted by Crippen LogP contribution is 2.53. The van der Waals surface area contributed by atoms with E-state index in [9.17, 15) is 0 Å². The highest BCUT2D eigenvalue weighted by atomic mass is 15.1. The van der Waals surface area contributed by atoms with E-state index < -0.39 is 0 Å². The maximum absolute atomic E-state index is 2.55. The summed E-state index contributed by atoms with van der Waals surface area (Å²) < 4.78 is 0. The predicted molar refractivity (Wildman–Crippen MR) is 192 cm³/mol. The molecular weight excluding hydrogens is 542 g/mol. The Morgan fingerprint density at radius 3 is 2.11 bits per heavy atom. The number of hydrogen-bond donors (Lipinski definition) is 0. The number of rotatable bonds is 5. The molecule has 0 heterocycles. The van der Waals surface area contributed by atoms with E-state index >= 15 is 0 Å². The smallest absolute Gasteiger partial charge is 0.0502 e. The number of benzene rings is 6. The average Bonchev–Trinajstić information content (AvgIpc) is 3.32. The fraction of sp³-hybridized carbons (Fsp3) is 0.227. The average molecular weight is 584 g/mol. The van der Waals surface area contributed by atoms with Crippen LogP contribution in [0.4, 0.5) is 17.1 Å². The molecule has 222 valence electrons. The van der Waals surface area contributed by atoms with Crippen molar-refractivity contribution in [2.24, 2.45) is 0 Å². The third kappa shape index (κ3) is 4.68. The molecule has 0 N–H and O–H groups in total. The Morgan fingerprint density at radius 1 is 0.600 bits per heavy atom. The van der Waals surface area contributed by atoms with Crippen LogP contribution >= 0.6 is 0 Å². The Labute approximate surface area is 268 Å². The van der Waals surface area contributed by atoms with Gasteiger partial charge in [0, 0.05) is 16.8 Å². The first-order valence-electron chi connectivity index (χ1n) is 16.7. The second-order valence-electron chi connectivity index (χ2n) is 13.7. The number of fused-ring (bicyclic) bond motifs is 4. The molecule has 0 unspecified atom stereocenters. The van der Waals surface area contributed by atoms with Gasteiger partial charge in [-0.3, -0.25) is 0 Å². The van der Waals surface area contributed by atoms with Gasteiger partial charge in [0.05, 0.1) is 5.69 Å². The molecule has 0 atom stereocenters. The standard InChI is InChI=1S/C44H41N/c1-30-13-12-20-39-42(30)38-27-26-36(29-40(38)44(39,2)3)45(35-24-21-32(22-25-35)31-14-6-4-7-15-31)41-28-23-33-16-10-11-19-37(33)43(41)34-17-8-5-9-18-34/h4,6-7,10-16,19-29,34H,5,8-9,17-18H2,1-3H3. The molecule has 6 aromatic rings. The van der Waals surface area contributed by atoms with Crippen molar-refractivity contribution in [2.75, 3.05) is 4.90 Å². The van der Waals surface area contributed by atoms with Gasteiger partial charge in [0.15, 0.2) is 0 Å². The second kappa shape index (κ2) is 11.1. The minimum Gasteiger partial charge on any atom is -0.310 e. The van der Waals surface area contributed by atoms with Gasteiger partial charge in [0.25, 0.3) is 0 Å². The Hall–Kier alpha value is -4.62. The Kier molecular flexibility index (Phi) is 6.86. The highest BCUT2D eigenvalue weighted by molar-refractivity contribution is 5.95. The van der Waals surface area contributed by atoms with E-state index in [4.69, 9.17) is 0 Å². The molecule has 0 aromatic heterocycles. The van der Waals surface area contributed by atoms with E-state index in [2.05, 4.69) is 153 Å². The first-order chi connectivity index (χ1) is 22.0. The maximum atomic E-state index is 2.55. The van der Waals surface area contributed by atoms with Crippen molar-refractivity contribution in [1.82, 2.24) is 0 Å². The summed E-state index contributed by atoms with van der Waals surface area (Å²) in [6.07, 6.45) is 6.48. The Balaban J connectivity index is 1.35. The van der Waals surface area contributed by atoms with Crippen LogP contribution in [-0.2, 0) is 5.41 Å². The summed E-state index contributed by atoms with van der Waals surface area (Å²) >= 11 is 0. The van der Waals surface area contributed by atoms with Crippen LogP contribution in [0.25, 0.3) is 33.0 Å². The monoisotopic (exact) mass is 583 g/mol. The molecule has 1 nitrogen and oxygen atoms in total. The molecule has 2 aliphatic rings. The molecule has 0 amide bonds. The normalized spacial score (nSPS) is 15.5. The molecule has 1 heteroatoms. The molecule has 0 aliphatic heterocycles. The van der Waals surface area contributed by atoms with Gasteiger partial charge in [-0.1, -0.05) is 130 Å². The van der Waals surface area contributed by atoms with Crippen molar-refractivity contribution in [3.63, 3.8) is 0 Å². The van der Waals surface area contributed by atoms with Crippen LogP contribution in [0.5, 0.6) is 0 Å². The third-order valence-electron chi connectivity index (χ3n) is 10.6. The first-order valence-corrected chi connectivity index (χ1v) is 16.7. The van der Waals surface area contributed by atoms with Crippen LogP contribution < -0.4 is 4.90 Å². The van der Waals surface area contributed by atoms with Crippen molar-refractivity contribution >= 4 is 27.8 Å². The molecule has 2 aliphatic carbocycles. The van der Waals surface area contributed by atoms with E-state index in [1.165, 1.54) is 104 Å². The lowest BCUT2D eigenvalue weighted by Gasteiger charge is -2.33. The summed E-state index contributed by atoms with van der Waals surface area (Å²) in [6.45, 7) is 7.04. The molecule has 0 radical (unpaired) electrons. The van der Waals surface area contributed by atoms with Gasteiger partial charge in [-0.05, 0) is 111 Å². The lowest BCUT2D eigenvalue weighted by Crippen LogP contribution is -2.18. The SMILES string of the molecule is Cc1cccc2c1-c1ccc(N(c3ccc(-c4ccccc4)cc3)c3ccc4ccccc4c3C3CCCCC3)cc1C2(C)C. The molecule has 0 bridgehead atoms. The van der Waals surface area contributed by atoms with E-state index in [1.807, 2.05) is 0 Å². The molecule has 0 saturated heterocycles. The van der Waals surface area contributed by atoms with Gasteiger partial charge in [0.1, 0.15) is 0 Å². The molecule has 1 fully saturated rings. The zero-order chi connectivity index (χ0) is 30.5. The minimum atomic E-state index is -0.0644. The fourth-order valence-corrected chi connectivity index (χ4v) is 8.26. The van der Waals surface area contributed by atoms with Crippen LogP contribution in [0.2, 0.25) is 0 Å². The van der Waals surface area contributed by atoms with Crippen LogP contribution in [0.3, 0.4) is 0 Å². The molecule has 1 saturated carbocycles. The lowest BCUT2D eigenvalue weighted by molar-refractivity contribution is 0.446. The van der Waals surface area contributed by atoms with Gasteiger partial charge in [-0.25, -0.2) is 0 Å². The molecule has 0 spiro atoms. The number of nitrogens with zero attached hydrogens (tertiary/aromatic N) is 1. The Morgan fingerprint density at radius 2 is 1.31 bits per heavy atom. The summed E-state index contributed by atoms with van der Waals surface area (Å²) in [7, 11) is 0. The molecule has 45 heavy (non-hydrogen) atoms. The van der Waals surface area contributed by atoms with E-state index in [0.29, 0.717) is 5.92 Å². The van der Waals surface area contributed by atoms with Crippen molar-refractivity contribution in [1.29, 1.82) is 0 Å². The van der Waals surface area contributed by atoms with Crippen molar-refractivity contribution < 1.29 is 0 Å². The van der Waals surface area contributed by atoms with Crippen molar-refractivity contribution in [2.45, 2.75) is 64.2 Å². The summed E-state index contributed by atoms with van der Waals surface area (Å²) in [4.78, 5) is 2.55. The van der Waals surface area contributed by atoms with Crippen molar-refractivity contribution in [3.8, 4) is 22.3 Å². The zero-order valence-electron chi connectivity index (χ0n) is 26.7. The van der Waals surface area contributed by atoms with Gasteiger partial charge >= 0.3 is 0 Å². The van der Waals surface area contributed by atoms with Gasteiger partial charge in [0.2, 0.25) is 0 Å². The number of aryl methyl sites for hydroxylation is 1. The van der Waals surface area contributed by atoms with Crippen LogP contribution in [-0.4, -0.2) is 0 Å². The summed E-state index contributed by atoms with van der Waals surface area (Å²) in [5.41, 5.74) is 14.7. The van der Waals surface area contributed by atoms with E-state index in [0.717, 1.165) is 0 Å². The summed E-state index contributed by atoms with van der Waals surface area (Å²) in [6, 6.07) is 47.7. The molecular formula is C44H41N. The lowest BCUT2D eigenvalue weighted by atomic mass is 9.80. The van der Waals surface area contributed by atoms with Gasteiger partial charge < -0.3 is 4.90 Å². The largest absolute Gasteiger partial charge is 0.310 e.